The lowest BCUT2D eigenvalue weighted by atomic mass is 9.86. The smallest absolute Gasteiger partial charge is 0.0673 e. The zero-order chi connectivity index (χ0) is 17.2. The third-order valence-electron chi connectivity index (χ3n) is 4.80. The zero-order valence-corrected chi connectivity index (χ0v) is 15.0. The van der Waals surface area contributed by atoms with E-state index in [9.17, 15) is 5.11 Å². The summed E-state index contributed by atoms with van der Waals surface area (Å²) in [5.74, 6) is 0.981. The van der Waals surface area contributed by atoms with Crippen molar-refractivity contribution in [2.45, 2.75) is 45.1 Å². The maximum Gasteiger partial charge on any atom is 0.0673 e. The van der Waals surface area contributed by atoms with E-state index in [2.05, 4.69) is 67.7 Å². The number of hydrogen-bond donors (Lipinski definition) is 2. The van der Waals surface area contributed by atoms with Crippen molar-refractivity contribution in [3.8, 4) is 0 Å². The van der Waals surface area contributed by atoms with E-state index in [0.29, 0.717) is 6.54 Å². The molecule has 2 unspecified atom stereocenters. The standard InChI is InChI=1S/C22H31NO/c1-3-18(2)14-15-23-17-21(24)16-22(19-10-6-4-7-11-19)20-12-8-5-9-13-20/h4-13,18,21-24H,3,14-17H2,1-2H3. The van der Waals surface area contributed by atoms with Crippen LogP contribution in [0.25, 0.3) is 0 Å². The summed E-state index contributed by atoms with van der Waals surface area (Å²) in [6.07, 6.45) is 2.79. The van der Waals surface area contributed by atoms with Gasteiger partial charge in [0, 0.05) is 12.5 Å². The Morgan fingerprint density at radius 1 is 0.917 bits per heavy atom. The molecule has 24 heavy (non-hydrogen) atoms. The molecule has 2 aromatic carbocycles. The number of benzene rings is 2. The van der Waals surface area contributed by atoms with Gasteiger partial charge in [-0.15, -0.1) is 0 Å². The highest BCUT2D eigenvalue weighted by Crippen LogP contribution is 2.28. The first-order valence-corrected chi connectivity index (χ1v) is 9.19. The second-order valence-electron chi connectivity index (χ2n) is 6.77. The topological polar surface area (TPSA) is 32.3 Å². The van der Waals surface area contributed by atoms with Gasteiger partial charge in [-0.2, -0.15) is 0 Å². The molecular formula is C22H31NO. The summed E-state index contributed by atoms with van der Waals surface area (Å²) in [7, 11) is 0. The van der Waals surface area contributed by atoms with E-state index in [0.717, 1.165) is 18.9 Å². The van der Waals surface area contributed by atoms with E-state index >= 15 is 0 Å². The molecule has 0 spiro atoms. The van der Waals surface area contributed by atoms with Crippen molar-refractivity contribution in [1.82, 2.24) is 5.32 Å². The molecule has 2 nitrogen and oxygen atoms in total. The first kappa shape index (κ1) is 18.7. The van der Waals surface area contributed by atoms with Gasteiger partial charge in [0.2, 0.25) is 0 Å². The largest absolute Gasteiger partial charge is 0.392 e. The minimum Gasteiger partial charge on any atom is -0.392 e. The predicted molar refractivity (Wildman–Crippen MR) is 102 cm³/mol. The Morgan fingerprint density at radius 3 is 1.96 bits per heavy atom. The average Bonchev–Trinajstić information content (AvgIpc) is 2.64. The van der Waals surface area contributed by atoms with Crippen molar-refractivity contribution in [3.05, 3.63) is 71.8 Å². The van der Waals surface area contributed by atoms with Crippen molar-refractivity contribution in [3.63, 3.8) is 0 Å². The molecule has 0 aromatic heterocycles. The Hall–Kier alpha value is -1.64. The molecule has 2 heteroatoms. The van der Waals surface area contributed by atoms with Gasteiger partial charge >= 0.3 is 0 Å². The van der Waals surface area contributed by atoms with Gasteiger partial charge in [0.25, 0.3) is 0 Å². The van der Waals surface area contributed by atoms with Crippen LogP contribution in [0.4, 0.5) is 0 Å². The van der Waals surface area contributed by atoms with Crippen LogP contribution in [0.15, 0.2) is 60.7 Å². The minimum atomic E-state index is -0.340. The van der Waals surface area contributed by atoms with Crippen LogP contribution in [0.2, 0.25) is 0 Å². The molecule has 0 amide bonds. The van der Waals surface area contributed by atoms with Crippen LogP contribution in [-0.2, 0) is 0 Å². The van der Waals surface area contributed by atoms with Crippen molar-refractivity contribution < 1.29 is 5.11 Å². The van der Waals surface area contributed by atoms with Crippen LogP contribution < -0.4 is 5.32 Å². The molecule has 2 N–H and O–H groups in total. The second-order valence-corrected chi connectivity index (χ2v) is 6.77. The molecule has 0 heterocycles. The van der Waals surface area contributed by atoms with Crippen molar-refractivity contribution in [2.75, 3.05) is 13.1 Å². The van der Waals surface area contributed by atoms with Gasteiger partial charge in [0.05, 0.1) is 6.10 Å². The fourth-order valence-corrected chi connectivity index (χ4v) is 3.01. The molecule has 0 fully saturated rings. The highest BCUT2D eigenvalue weighted by Gasteiger charge is 2.18. The molecule has 0 aliphatic heterocycles. The van der Waals surface area contributed by atoms with Crippen LogP contribution in [0, 0.1) is 5.92 Å². The van der Waals surface area contributed by atoms with Gasteiger partial charge in [-0.25, -0.2) is 0 Å². The monoisotopic (exact) mass is 325 g/mol. The zero-order valence-electron chi connectivity index (χ0n) is 15.0. The van der Waals surface area contributed by atoms with Gasteiger partial charge in [-0.1, -0.05) is 80.9 Å². The molecule has 2 aromatic rings. The molecule has 130 valence electrons. The number of nitrogens with one attached hydrogen (secondary N) is 1. The van der Waals surface area contributed by atoms with Crippen molar-refractivity contribution in [2.24, 2.45) is 5.92 Å². The number of rotatable bonds is 10. The third-order valence-corrected chi connectivity index (χ3v) is 4.80. The van der Waals surface area contributed by atoms with Gasteiger partial charge in [-0.3, -0.25) is 0 Å². The summed E-state index contributed by atoms with van der Waals surface area (Å²) in [5, 5.41) is 13.9. The van der Waals surface area contributed by atoms with E-state index in [-0.39, 0.29) is 12.0 Å². The Labute approximate surface area is 146 Å². The van der Waals surface area contributed by atoms with E-state index in [4.69, 9.17) is 0 Å². The van der Waals surface area contributed by atoms with Crippen molar-refractivity contribution >= 4 is 0 Å². The Bertz CT molecular complexity index is 515. The molecule has 0 saturated heterocycles. The summed E-state index contributed by atoms with van der Waals surface area (Å²) in [4.78, 5) is 0. The first-order chi connectivity index (χ1) is 11.7. The van der Waals surface area contributed by atoms with Crippen LogP contribution in [0.3, 0.4) is 0 Å². The molecule has 0 radical (unpaired) electrons. The van der Waals surface area contributed by atoms with Crippen molar-refractivity contribution in [1.29, 1.82) is 0 Å². The van der Waals surface area contributed by atoms with Gasteiger partial charge < -0.3 is 10.4 Å². The fourth-order valence-electron chi connectivity index (χ4n) is 3.01. The number of aliphatic hydroxyl groups excluding tert-OH is 1. The highest BCUT2D eigenvalue weighted by atomic mass is 16.3. The summed E-state index contributed by atoms with van der Waals surface area (Å²) in [5.41, 5.74) is 2.53. The molecular weight excluding hydrogens is 294 g/mol. The molecule has 0 aliphatic carbocycles. The fraction of sp³-hybridized carbons (Fsp3) is 0.455. The quantitative estimate of drug-likeness (QED) is 0.626. The minimum absolute atomic E-state index is 0.235. The lowest BCUT2D eigenvalue weighted by Crippen LogP contribution is -2.29. The lowest BCUT2D eigenvalue weighted by Gasteiger charge is -2.22. The van der Waals surface area contributed by atoms with Gasteiger partial charge in [-0.05, 0) is 36.4 Å². The Balaban J connectivity index is 1.94. The summed E-state index contributed by atoms with van der Waals surface area (Å²) >= 11 is 0. The molecule has 0 saturated carbocycles. The van der Waals surface area contributed by atoms with E-state index in [1.165, 1.54) is 24.0 Å². The SMILES string of the molecule is CCC(C)CCNCC(O)CC(c1ccccc1)c1ccccc1. The molecule has 2 atom stereocenters. The summed E-state index contributed by atoms with van der Waals surface area (Å²) in [6.45, 7) is 6.14. The maximum atomic E-state index is 10.5. The van der Waals surface area contributed by atoms with E-state index < -0.39 is 0 Å². The normalized spacial score (nSPS) is 13.8. The van der Waals surface area contributed by atoms with Crippen LogP contribution >= 0.6 is 0 Å². The summed E-state index contributed by atoms with van der Waals surface area (Å²) in [6, 6.07) is 21.0. The first-order valence-electron chi connectivity index (χ1n) is 9.19. The average molecular weight is 325 g/mol. The maximum absolute atomic E-state index is 10.5. The van der Waals surface area contributed by atoms with Gasteiger partial charge in [0.15, 0.2) is 0 Å². The Morgan fingerprint density at radius 2 is 1.46 bits per heavy atom. The van der Waals surface area contributed by atoms with Gasteiger partial charge in [0.1, 0.15) is 0 Å². The number of aliphatic hydroxyl groups is 1. The molecule has 0 aliphatic rings. The second kappa shape index (κ2) is 10.3. The van der Waals surface area contributed by atoms with Crippen LogP contribution in [0.1, 0.15) is 50.2 Å². The van der Waals surface area contributed by atoms with Crippen LogP contribution in [0.5, 0.6) is 0 Å². The highest BCUT2D eigenvalue weighted by molar-refractivity contribution is 5.32. The predicted octanol–water partition coefficient (Wildman–Crippen LogP) is 4.60. The Kier molecular flexibility index (Phi) is 8.00. The van der Waals surface area contributed by atoms with E-state index in [1.54, 1.807) is 0 Å². The van der Waals surface area contributed by atoms with E-state index in [1.807, 2.05) is 12.1 Å². The third kappa shape index (κ3) is 6.10. The molecule has 2 rings (SSSR count). The lowest BCUT2D eigenvalue weighted by molar-refractivity contribution is 0.156. The summed E-state index contributed by atoms with van der Waals surface area (Å²) < 4.78 is 0. The molecule has 0 bridgehead atoms. The van der Waals surface area contributed by atoms with Crippen LogP contribution in [-0.4, -0.2) is 24.3 Å². The number of hydrogen-bond acceptors (Lipinski definition) is 2.